The van der Waals surface area contributed by atoms with Crippen molar-refractivity contribution < 1.29 is 13.9 Å². The highest BCUT2D eigenvalue weighted by molar-refractivity contribution is 5.75. The van der Waals surface area contributed by atoms with Gasteiger partial charge in [0.25, 0.3) is 0 Å². The standard InChI is InChI=1S/C17H21FN4O2/c18-14-6-5-7-16(10-14)24-13-15-11-22(20-19-15)12-17(23)21-8-3-1-2-4-9-21/h5-7,10-11H,1-4,8-9,12-13H2. The van der Waals surface area contributed by atoms with Gasteiger partial charge < -0.3 is 9.64 Å². The number of halogens is 1. The van der Waals surface area contributed by atoms with Gasteiger partial charge in [0.15, 0.2) is 0 Å². The van der Waals surface area contributed by atoms with Gasteiger partial charge in [0.2, 0.25) is 5.91 Å². The van der Waals surface area contributed by atoms with Crippen LogP contribution in [0.2, 0.25) is 0 Å². The number of likely N-dealkylation sites (tertiary alicyclic amines) is 1. The van der Waals surface area contributed by atoms with Crippen molar-refractivity contribution in [2.75, 3.05) is 13.1 Å². The van der Waals surface area contributed by atoms with Crippen LogP contribution in [0.15, 0.2) is 30.5 Å². The molecule has 0 aliphatic carbocycles. The largest absolute Gasteiger partial charge is 0.487 e. The van der Waals surface area contributed by atoms with Crippen molar-refractivity contribution in [2.45, 2.75) is 38.8 Å². The first-order valence-electron chi connectivity index (χ1n) is 8.26. The molecule has 0 spiro atoms. The lowest BCUT2D eigenvalue weighted by Gasteiger charge is -2.19. The Morgan fingerprint density at radius 1 is 1.21 bits per heavy atom. The molecule has 1 amide bonds. The Hall–Kier alpha value is -2.44. The van der Waals surface area contributed by atoms with Crippen LogP contribution in [0.25, 0.3) is 0 Å². The van der Waals surface area contributed by atoms with Gasteiger partial charge in [-0.15, -0.1) is 5.10 Å². The van der Waals surface area contributed by atoms with Crippen LogP contribution >= 0.6 is 0 Å². The molecule has 1 fully saturated rings. The van der Waals surface area contributed by atoms with E-state index in [1.54, 1.807) is 18.3 Å². The maximum atomic E-state index is 13.1. The van der Waals surface area contributed by atoms with E-state index in [4.69, 9.17) is 4.74 Å². The molecule has 0 unspecified atom stereocenters. The highest BCUT2D eigenvalue weighted by Crippen LogP contribution is 2.13. The zero-order chi connectivity index (χ0) is 16.8. The van der Waals surface area contributed by atoms with Crippen LogP contribution in [0.5, 0.6) is 5.75 Å². The summed E-state index contributed by atoms with van der Waals surface area (Å²) in [7, 11) is 0. The highest BCUT2D eigenvalue weighted by atomic mass is 19.1. The summed E-state index contributed by atoms with van der Waals surface area (Å²) in [6.07, 6.45) is 6.20. The van der Waals surface area contributed by atoms with E-state index in [0.29, 0.717) is 11.4 Å². The fraction of sp³-hybridized carbons (Fsp3) is 0.471. The second kappa shape index (κ2) is 7.90. The highest BCUT2D eigenvalue weighted by Gasteiger charge is 2.16. The lowest BCUT2D eigenvalue weighted by molar-refractivity contribution is -0.132. The van der Waals surface area contributed by atoms with Crippen LogP contribution in [-0.2, 0) is 17.9 Å². The van der Waals surface area contributed by atoms with Gasteiger partial charge in [-0.25, -0.2) is 9.07 Å². The Labute approximate surface area is 140 Å². The van der Waals surface area contributed by atoms with Gasteiger partial charge in [0, 0.05) is 19.2 Å². The van der Waals surface area contributed by atoms with Gasteiger partial charge in [0.05, 0.1) is 6.20 Å². The van der Waals surface area contributed by atoms with Crippen molar-refractivity contribution in [2.24, 2.45) is 0 Å². The minimum absolute atomic E-state index is 0.0689. The summed E-state index contributed by atoms with van der Waals surface area (Å²) >= 11 is 0. The number of ether oxygens (including phenoxy) is 1. The number of hydrogen-bond donors (Lipinski definition) is 0. The predicted molar refractivity (Wildman–Crippen MR) is 85.8 cm³/mol. The third kappa shape index (κ3) is 4.53. The number of carbonyl (C=O) groups excluding carboxylic acids is 1. The molecule has 1 saturated heterocycles. The molecular weight excluding hydrogens is 311 g/mol. The van der Waals surface area contributed by atoms with E-state index in [9.17, 15) is 9.18 Å². The Morgan fingerprint density at radius 2 is 2.00 bits per heavy atom. The molecule has 6 nitrogen and oxygen atoms in total. The van der Waals surface area contributed by atoms with Crippen LogP contribution in [0, 0.1) is 5.82 Å². The summed E-state index contributed by atoms with van der Waals surface area (Å²) in [6, 6.07) is 5.93. The van der Waals surface area contributed by atoms with Crippen molar-refractivity contribution in [3.05, 3.63) is 42.0 Å². The number of benzene rings is 1. The topological polar surface area (TPSA) is 60.3 Å². The number of rotatable bonds is 5. The maximum Gasteiger partial charge on any atom is 0.244 e. The molecule has 1 aromatic heterocycles. The van der Waals surface area contributed by atoms with Gasteiger partial charge in [-0.1, -0.05) is 24.1 Å². The molecule has 2 heterocycles. The average molecular weight is 332 g/mol. The van der Waals surface area contributed by atoms with E-state index in [2.05, 4.69) is 10.3 Å². The van der Waals surface area contributed by atoms with Gasteiger partial charge in [-0.2, -0.15) is 0 Å². The number of amides is 1. The molecule has 0 radical (unpaired) electrons. The minimum Gasteiger partial charge on any atom is -0.487 e. The monoisotopic (exact) mass is 332 g/mol. The summed E-state index contributed by atoms with van der Waals surface area (Å²) in [4.78, 5) is 14.2. The number of nitrogens with zero attached hydrogens (tertiary/aromatic N) is 4. The first-order chi connectivity index (χ1) is 11.7. The molecule has 2 aromatic rings. The van der Waals surface area contributed by atoms with Crippen LogP contribution in [0.1, 0.15) is 31.4 Å². The maximum absolute atomic E-state index is 13.1. The Morgan fingerprint density at radius 3 is 2.75 bits per heavy atom. The normalized spacial score (nSPS) is 15.1. The summed E-state index contributed by atoms with van der Waals surface area (Å²) < 4.78 is 20.1. The SMILES string of the molecule is O=C(Cn1cc(COc2cccc(F)c2)nn1)N1CCCCCC1. The van der Waals surface area contributed by atoms with E-state index < -0.39 is 0 Å². The molecule has 24 heavy (non-hydrogen) atoms. The second-order valence-electron chi connectivity index (χ2n) is 5.95. The molecular formula is C17H21FN4O2. The lowest BCUT2D eigenvalue weighted by Crippen LogP contribution is -2.34. The van der Waals surface area contributed by atoms with E-state index >= 15 is 0 Å². The van der Waals surface area contributed by atoms with Crippen LogP contribution in [-0.4, -0.2) is 38.9 Å². The molecule has 0 atom stereocenters. The minimum atomic E-state index is -0.348. The summed E-state index contributed by atoms with van der Waals surface area (Å²) in [5, 5.41) is 7.96. The molecule has 3 rings (SSSR count). The van der Waals surface area contributed by atoms with Crippen molar-refractivity contribution in [1.82, 2.24) is 19.9 Å². The van der Waals surface area contributed by atoms with Gasteiger partial charge >= 0.3 is 0 Å². The second-order valence-corrected chi connectivity index (χ2v) is 5.95. The molecule has 1 aliphatic rings. The third-order valence-electron chi connectivity index (χ3n) is 4.02. The molecule has 1 aliphatic heterocycles. The van der Waals surface area contributed by atoms with Crippen LogP contribution in [0.4, 0.5) is 4.39 Å². The van der Waals surface area contributed by atoms with Gasteiger partial charge in [-0.3, -0.25) is 4.79 Å². The number of hydrogen-bond acceptors (Lipinski definition) is 4. The fourth-order valence-electron chi connectivity index (χ4n) is 2.75. The van der Waals surface area contributed by atoms with Crippen LogP contribution < -0.4 is 4.74 Å². The van der Waals surface area contributed by atoms with E-state index in [1.807, 2.05) is 4.90 Å². The number of carbonyl (C=O) groups is 1. The summed E-state index contributed by atoms with van der Waals surface area (Å²) in [6.45, 7) is 2.01. The van der Waals surface area contributed by atoms with Gasteiger partial charge in [0.1, 0.15) is 30.4 Å². The summed E-state index contributed by atoms with van der Waals surface area (Å²) in [5.41, 5.74) is 0.600. The Kier molecular flexibility index (Phi) is 5.40. The van der Waals surface area contributed by atoms with Crippen molar-refractivity contribution in [3.8, 4) is 5.75 Å². The van der Waals surface area contributed by atoms with Crippen molar-refractivity contribution in [3.63, 3.8) is 0 Å². The molecule has 0 saturated carbocycles. The molecule has 7 heteroatoms. The predicted octanol–water partition coefficient (Wildman–Crippen LogP) is 2.40. The van der Waals surface area contributed by atoms with E-state index in [0.717, 1.165) is 25.9 Å². The first kappa shape index (κ1) is 16.4. The molecule has 0 N–H and O–H groups in total. The van der Waals surface area contributed by atoms with Crippen molar-refractivity contribution >= 4 is 5.91 Å². The van der Waals surface area contributed by atoms with Gasteiger partial charge in [-0.05, 0) is 25.0 Å². The Bertz CT molecular complexity index is 681. The molecule has 1 aromatic carbocycles. The Balaban J connectivity index is 1.52. The smallest absolute Gasteiger partial charge is 0.244 e. The van der Waals surface area contributed by atoms with Crippen LogP contribution in [0.3, 0.4) is 0 Å². The first-order valence-corrected chi connectivity index (χ1v) is 8.26. The number of aromatic nitrogens is 3. The summed E-state index contributed by atoms with van der Waals surface area (Å²) in [5.74, 6) is 0.156. The average Bonchev–Trinajstić information content (AvgIpc) is 2.83. The zero-order valence-electron chi connectivity index (χ0n) is 13.5. The third-order valence-corrected chi connectivity index (χ3v) is 4.02. The van der Waals surface area contributed by atoms with E-state index in [1.165, 1.54) is 29.7 Å². The van der Waals surface area contributed by atoms with E-state index in [-0.39, 0.29) is 24.9 Å². The van der Waals surface area contributed by atoms with Crippen molar-refractivity contribution in [1.29, 1.82) is 0 Å². The zero-order valence-corrected chi connectivity index (χ0v) is 13.5. The molecule has 0 bridgehead atoms. The molecule has 128 valence electrons. The quantitative estimate of drug-likeness (QED) is 0.843. The fourth-order valence-corrected chi connectivity index (χ4v) is 2.75. The lowest BCUT2D eigenvalue weighted by atomic mass is 10.2.